The third-order valence-corrected chi connectivity index (χ3v) is 5.51. The van der Waals surface area contributed by atoms with Gasteiger partial charge < -0.3 is 4.57 Å². The molecule has 3 heterocycles. The fourth-order valence-corrected chi connectivity index (χ4v) is 4.14. The van der Waals surface area contributed by atoms with Gasteiger partial charge in [-0.05, 0) is 48.6 Å². The second-order valence-corrected chi connectivity index (χ2v) is 7.28. The topological polar surface area (TPSA) is 67.8 Å². The second-order valence-electron chi connectivity index (χ2n) is 6.48. The van der Waals surface area contributed by atoms with Crippen molar-refractivity contribution in [2.24, 2.45) is 0 Å². The molecule has 1 aromatic carbocycles. The molecule has 7 heteroatoms. The fraction of sp³-hybridized carbons (Fsp3) is 0.150. The van der Waals surface area contributed by atoms with Crippen molar-refractivity contribution in [3.05, 3.63) is 74.2 Å². The second kappa shape index (κ2) is 5.89. The van der Waals surface area contributed by atoms with E-state index < -0.39 is 16.8 Å². The molecule has 0 unspecified atom stereocenters. The lowest BCUT2D eigenvalue weighted by Gasteiger charge is -2.12. The minimum atomic E-state index is -0.579. The average molecular weight is 377 g/mol. The van der Waals surface area contributed by atoms with Gasteiger partial charge in [0.1, 0.15) is 16.0 Å². The van der Waals surface area contributed by atoms with Crippen LogP contribution in [-0.4, -0.2) is 13.9 Å². The SMILES string of the molecule is O=c1[nH]sc2c1c(=O)c1cc(F)c(C#Cc3cccnc3)cc1n2C1CC1. The lowest BCUT2D eigenvalue weighted by Crippen LogP contribution is -2.15. The summed E-state index contributed by atoms with van der Waals surface area (Å²) in [5.41, 5.74) is 0.641. The van der Waals surface area contributed by atoms with Crippen LogP contribution in [0.4, 0.5) is 4.39 Å². The molecule has 0 saturated heterocycles. The van der Waals surface area contributed by atoms with E-state index in [4.69, 9.17) is 0 Å². The molecule has 1 aliphatic carbocycles. The first-order chi connectivity index (χ1) is 13.1. The van der Waals surface area contributed by atoms with Gasteiger partial charge in [-0.25, -0.2) is 4.39 Å². The van der Waals surface area contributed by atoms with Crippen molar-refractivity contribution >= 4 is 32.7 Å². The number of benzene rings is 1. The van der Waals surface area contributed by atoms with Gasteiger partial charge in [0.2, 0.25) is 5.43 Å². The highest BCUT2D eigenvalue weighted by molar-refractivity contribution is 7.12. The molecular weight excluding hydrogens is 365 g/mol. The van der Waals surface area contributed by atoms with Crippen LogP contribution in [0.25, 0.3) is 21.1 Å². The van der Waals surface area contributed by atoms with Gasteiger partial charge in [0.15, 0.2) is 0 Å². The molecule has 3 aromatic heterocycles. The molecule has 27 heavy (non-hydrogen) atoms. The van der Waals surface area contributed by atoms with E-state index in [-0.39, 0.29) is 22.4 Å². The highest BCUT2D eigenvalue weighted by Crippen LogP contribution is 2.40. The number of halogens is 1. The zero-order chi connectivity index (χ0) is 18.5. The third-order valence-electron chi connectivity index (χ3n) is 4.63. The Morgan fingerprint density at radius 1 is 1.26 bits per heavy atom. The third kappa shape index (κ3) is 2.57. The predicted octanol–water partition coefficient (Wildman–Crippen LogP) is 3.17. The van der Waals surface area contributed by atoms with E-state index >= 15 is 0 Å². The minimum absolute atomic E-state index is 0.105. The molecule has 5 nitrogen and oxygen atoms in total. The maximum absolute atomic E-state index is 14.6. The van der Waals surface area contributed by atoms with Crippen LogP contribution in [0.1, 0.15) is 30.0 Å². The van der Waals surface area contributed by atoms with Gasteiger partial charge in [0.05, 0.1) is 11.1 Å². The Morgan fingerprint density at radius 3 is 2.85 bits per heavy atom. The van der Waals surface area contributed by atoms with E-state index in [1.165, 1.54) is 6.07 Å². The van der Waals surface area contributed by atoms with E-state index in [2.05, 4.69) is 21.2 Å². The lowest BCUT2D eigenvalue weighted by atomic mass is 10.1. The highest BCUT2D eigenvalue weighted by Gasteiger charge is 2.29. The summed E-state index contributed by atoms with van der Waals surface area (Å²) in [6.07, 6.45) is 5.18. The van der Waals surface area contributed by atoms with Crippen LogP contribution in [0.2, 0.25) is 0 Å². The van der Waals surface area contributed by atoms with Gasteiger partial charge in [-0.1, -0.05) is 11.8 Å². The molecule has 0 bridgehead atoms. The Morgan fingerprint density at radius 2 is 2.11 bits per heavy atom. The normalized spacial score (nSPS) is 13.7. The average Bonchev–Trinajstić information content (AvgIpc) is 3.44. The highest BCUT2D eigenvalue weighted by atomic mass is 32.1. The smallest absolute Gasteiger partial charge is 0.271 e. The van der Waals surface area contributed by atoms with Crippen LogP contribution in [-0.2, 0) is 0 Å². The zero-order valence-electron chi connectivity index (χ0n) is 14.0. The summed E-state index contributed by atoms with van der Waals surface area (Å²) in [6.45, 7) is 0. The van der Waals surface area contributed by atoms with E-state index in [9.17, 15) is 14.0 Å². The van der Waals surface area contributed by atoms with Crippen LogP contribution >= 0.6 is 11.5 Å². The number of aromatic amines is 1. The summed E-state index contributed by atoms with van der Waals surface area (Å²) in [6, 6.07) is 6.57. The van der Waals surface area contributed by atoms with Crippen LogP contribution in [0, 0.1) is 17.7 Å². The number of H-pyrrole nitrogens is 1. The standard InChI is InChI=1S/C20H12FN3O2S/c21-15-9-14-16(8-12(15)4-3-11-2-1-7-22-10-11)24(13-5-6-13)20-17(18(14)25)19(26)23-27-20/h1-2,7-10,13H,5-6H2,(H,23,26). The predicted molar refractivity (Wildman–Crippen MR) is 103 cm³/mol. The van der Waals surface area contributed by atoms with Crippen LogP contribution in [0.15, 0.2) is 46.2 Å². The molecule has 132 valence electrons. The Hall–Kier alpha value is -3.24. The summed E-state index contributed by atoms with van der Waals surface area (Å²) >= 11 is 1.15. The quantitative estimate of drug-likeness (QED) is 0.518. The van der Waals surface area contributed by atoms with Gasteiger partial charge in [0, 0.05) is 29.4 Å². The van der Waals surface area contributed by atoms with Crippen molar-refractivity contribution in [2.75, 3.05) is 0 Å². The number of hydrogen-bond acceptors (Lipinski definition) is 4. The van der Waals surface area contributed by atoms with Crippen molar-refractivity contribution in [1.82, 2.24) is 13.9 Å². The van der Waals surface area contributed by atoms with Crippen LogP contribution in [0.5, 0.6) is 0 Å². The maximum atomic E-state index is 14.6. The molecule has 0 spiro atoms. The van der Waals surface area contributed by atoms with Gasteiger partial charge >= 0.3 is 0 Å². The first-order valence-corrected chi connectivity index (χ1v) is 9.26. The van der Waals surface area contributed by atoms with Crippen LogP contribution < -0.4 is 11.0 Å². The maximum Gasteiger partial charge on any atom is 0.271 e. The largest absolute Gasteiger partial charge is 0.328 e. The number of nitrogens with one attached hydrogen (secondary N) is 1. The molecule has 0 aliphatic heterocycles. The van der Waals surface area contributed by atoms with Crippen LogP contribution in [0.3, 0.4) is 0 Å². The Labute approximate surface area is 156 Å². The number of hydrogen-bond donors (Lipinski definition) is 1. The Balaban J connectivity index is 1.82. The lowest BCUT2D eigenvalue weighted by molar-refractivity contribution is 0.625. The van der Waals surface area contributed by atoms with Gasteiger partial charge in [-0.2, -0.15) is 0 Å². The molecule has 1 N–H and O–H groups in total. The van der Waals surface area contributed by atoms with E-state index in [1.807, 2.05) is 4.57 Å². The molecule has 1 fully saturated rings. The molecule has 4 aromatic rings. The summed E-state index contributed by atoms with van der Waals surface area (Å²) in [5.74, 6) is 5.15. The molecule has 1 aliphatic rings. The van der Waals surface area contributed by atoms with E-state index in [1.54, 1.807) is 30.6 Å². The van der Waals surface area contributed by atoms with E-state index in [0.717, 1.165) is 24.4 Å². The van der Waals surface area contributed by atoms with Gasteiger partial charge in [-0.3, -0.25) is 18.9 Å². The molecule has 5 rings (SSSR count). The summed E-state index contributed by atoms with van der Waals surface area (Å²) < 4.78 is 19.2. The van der Waals surface area contributed by atoms with Gasteiger partial charge in [0.25, 0.3) is 5.56 Å². The number of nitrogens with zero attached hydrogens (tertiary/aromatic N) is 2. The molecule has 0 atom stereocenters. The summed E-state index contributed by atoms with van der Waals surface area (Å²) in [7, 11) is 0. The number of pyridine rings is 2. The van der Waals surface area contributed by atoms with Gasteiger partial charge in [-0.15, -0.1) is 0 Å². The van der Waals surface area contributed by atoms with E-state index in [0.29, 0.717) is 15.9 Å². The van der Waals surface area contributed by atoms with Crippen molar-refractivity contribution < 1.29 is 4.39 Å². The number of aromatic nitrogens is 3. The molecular formula is C20H12FN3O2S. The number of fused-ring (bicyclic) bond motifs is 2. The Bertz CT molecular complexity index is 1390. The fourth-order valence-electron chi connectivity index (χ4n) is 3.22. The minimum Gasteiger partial charge on any atom is -0.328 e. The first-order valence-electron chi connectivity index (χ1n) is 8.44. The monoisotopic (exact) mass is 377 g/mol. The molecule has 0 radical (unpaired) electrons. The van der Waals surface area contributed by atoms with Crippen molar-refractivity contribution in [3.63, 3.8) is 0 Å². The van der Waals surface area contributed by atoms with Crippen molar-refractivity contribution in [3.8, 4) is 11.8 Å². The molecule has 0 amide bonds. The summed E-state index contributed by atoms with van der Waals surface area (Å²) in [4.78, 5) is 29.4. The Kier molecular flexibility index (Phi) is 3.49. The van der Waals surface area contributed by atoms with Crippen molar-refractivity contribution in [2.45, 2.75) is 18.9 Å². The van der Waals surface area contributed by atoms with Crippen molar-refractivity contribution in [1.29, 1.82) is 0 Å². The zero-order valence-corrected chi connectivity index (χ0v) is 14.8. The molecule has 1 saturated carbocycles. The number of rotatable bonds is 1. The summed E-state index contributed by atoms with van der Waals surface area (Å²) in [5, 5.41) is 0.315. The first kappa shape index (κ1) is 16.0.